The van der Waals surface area contributed by atoms with E-state index >= 15 is 0 Å². The largest absolute Gasteiger partial charge is 0.368 e. The fourth-order valence-electron chi connectivity index (χ4n) is 4.86. The van der Waals surface area contributed by atoms with Gasteiger partial charge in [0, 0.05) is 62.0 Å². The van der Waals surface area contributed by atoms with Gasteiger partial charge in [-0.05, 0) is 37.2 Å². The van der Waals surface area contributed by atoms with Crippen LogP contribution in [-0.4, -0.2) is 56.4 Å². The van der Waals surface area contributed by atoms with E-state index in [1.54, 1.807) is 0 Å². The number of piperazine rings is 1. The third-order valence-corrected chi connectivity index (χ3v) is 6.43. The number of nitrogens with zero attached hydrogens (tertiary/aromatic N) is 3. The summed E-state index contributed by atoms with van der Waals surface area (Å²) in [6.45, 7) is 4.54. The van der Waals surface area contributed by atoms with E-state index in [0.717, 1.165) is 60.7 Å². The number of benzene rings is 2. The molecule has 2 aromatic carbocycles. The quantitative estimate of drug-likeness (QED) is 0.809. The Morgan fingerprint density at radius 2 is 1.71 bits per heavy atom. The second kappa shape index (κ2) is 6.74. The van der Waals surface area contributed by atoms with Gasteiger partial charge in [-0.1, -0.05) is 24.3 Å². The van der Waals surface area contributed by atoms with Crippen LogP contribution in [0.2, 0.25) is 0 Å². The number of carbonyl (C=O) groups is 2. The fourth-order valence-corrected chi connectivity index (χ4v) is 4.86. The fraction of sp³-hybridized carbons (Fsp3) is 0.391. The SMILES string of the molecule is CN1CCN(c2ccccc2C(=O)N2CC3CCC(=O)c4cccc2c43)CC1. The minimum absolute atomic E-state index is 0.0461. The second-order valence-corrected chi connectivity index (χ2v) is 8.12. The standard InChI is InChI=1S/C23H25N3O2/c1-24-11-13-25(14-12-24)19-7-3-2-5-17(19)23(28)26-15-16-9-10-21(27)18-6-4-8-20(26)22(16)18/h2-8,16H,9-15H2,1H3. The van der Waals surface area contributed by atoms with Crippen molar-refractivity contribution in [3.63, 3.8) is 0 Å². The maximum atomic E-state index is 13.6. The minimum atomic E-state index is 0.0461. The van der Waals surface area contributed by atoms with Crippen LogP contribution in [0.15, 0.2) is 42.5 Å². The van der Waals surface area contributed by atoms with Gasteiger partial charge >= 0.3 is 0 Å². The van der Waals surface area contributed by atoms with Gasteiger partial charge < -0.3 is 14.7 Å². The molecule has 1 atom stereocenters. The van der Waals surface area contributed by atoms with Crippen molar-refractivity contribution in [3.05, 3.63) is 59.2 Å². The maximum absolute atomic E-state index is 13.6. The lowest BCUT2D eigenvalue weighted by Gasteiger charge is -2.35. The summed E-state index contributed by atoms with van der Waals surface area (Å²) >= 11 is 0. The van der Waals surface area contributed by atoms with Gasteiger partial charge in [-0.2, -0.15) is 0 Å². The number of Topliss-reactive ketones (excluding diaryl/α,β-unsaturated/α-hetero) is 1. The van der Waals surface area contributed by atoms with Crippen LogP contribution >= 0.6 is 0 Å². The summed E-state index contributed by atoms with van der Waals surface area (Å²) in [7, 11) is 2.13. The molecule has 28 heavy (non-hydrogen) atoms. The molecule has 0 bridgehead atoms. The van der Waals surface area contributed by atoms with Crippen molar-refractivity contribution in [2.24, 2.45) is 0 Å². The Kier molecular flexibility index (Phi) is 4.20. The van der Waals surface area contributed by atoms with Gasteiger partial charge in [-0.15, -0.1) is 0 Å². The number of anilines is 2. The normalized spacial score (nSPS) is 21.8. The van der Waals surface area contributed by atoms with Crippen LogP contribution in [0.5, 0.6) is 0 Å². The lowest BCUT2D eigenvalue weighted by Crippen LogP contribution is -2.45. The second-order valence-electron chi connectivity index (χ2n) is 8.12. The van der Waals surface area contributed by atoms with Gasteiger partial charge in [-0.25, -0.2) is 0 Å². The highest BCUT2D eigenvalue weighted by molar-refractivity contribution is 6.12. The number of hydrogen-bond acceptors (Lipinski definition) is 4. The van der Waals surface area contributed by atoms with Gasteiger partial charge in [0.1, 0.15) is 0 Å². The zero-order valence-electron chi connectivity index (χ0n) is 16.2. The highest BCUT2D eigenvalue weighted by atomic mass is 16.2. The summed E-state index contributed by atoms with van der Waals surface area (Å²) < 4.78 is 0. The van der Waals surface area contributed by atoms with Gasteiger partial charge in [0.2, 0.25) is 0 Å². The summed E-state index contributed by atoms with van der Waals surface area (Å²) in [4.78, 5) is 32.5. The first-order valence-corrected chi connectivity index (χ1v) is 10.1. The first kappa shape index (κ1) is 17.4. The molecule has 144 valence electrons. The maximum Gasteiger partial charge on any atom is 0.260 e. The molecule has 5 nitrogen and oxygen atoms in total. The minimum Gasteiger partial charge on any atom is -0.368 e. The van der Waals surface area contributed by atoms with Crippen molar-refractivity contribution >= 4 is 23.1 Å². The Labute approximate surface area is 165 Å². The van der Waals surface area contributed by atoms with E-state index in [1.807, 2.05) is 41.3 Å². The van der Waals surface area contributed by atoms with Crippen LogP contribution in [-0.2, 0) is 0 Å². The Hall–Kier alpha value is -2.66. The molecular weight excluding hydrogens is 350 g/mol. The van der Waals surface area contributed by atoms with Crippen LogP contribution in [0.25, 0.3) is 0 Å². The Morgan fingerprint density at radius 3 is 2.54 bits per heavy atom. The smallest absolute Gasteiger partial charge is 0.260 e. The van der Waals surface area contributed by atoms with E-state index in [1.165, 1.54) is 0 Å². The number of likely N-dealkylation sites (N-methyl/N-ethyl adjacent to an activating group) is 1. The number of hydrogen-bond donors (Lipinski definition) is 0. The van der Waals surface area contributed by atoms with E-state index in [4.69, 9.17) is 0 Å². The van der Waals surface area contributed by atoms with Crippen molar-refractivity contribution in [2.75, 3.05) is 49.6 Å². The van der Waals surface area contributed by atoms with Crippen LogP contribution in [0.1, 0.15) is 45.0 Å². The molecule has 1 aliphatic carbocycles. The summed E-state index contributed by atoms with van der Waals surface area (Å²) in [6, 6.07) is 13.8. The lowest BCUT2D eigenvalue weighted by atomic mass is 9.83. The van der Waals surface area contributed by atoms with Crippen molar-refractivity contribution in [3.8, 4) is 0 Å². The number of carbonyl (C=O) groups excluding carboxylic acids is 2. The Morgan fingerprint density at radius 1 is 0.964 bits per heavy atom. The molecule has 0 N–H and O–H groups in total. The van der Waals surface area contributed by atoms with E-state index in [2.05, 4.69) is 22.9 Å². The topological polar surface area (TPSA) is 43.9 Å². The third-order valence-electron chi connectivity index (χ3n) is 6.43. The average Bonchev–Trinajstić information content (AvgIpc) is 3.11. The van der Waals surface area contributed by atoms with Crippen molar-refractivity contribution in [2.45, 2.75) is 18.8 Å². The van der Waals surface area contributed by atoms with Gasteiger partial charge in [0.05, 0.1) is 5.56 Å². The van der Waals surface area contributed by atoms with Gasteiger partial charge in [0.25, 0.3) is 5.91 Å². The van der Waals surface area contributed by atoms with E-state index in [0.29, 0.717) is 13.0 Å². The zero-order valence-corrected chi connectivity index (χ0v) is 16.2. The monoisotopic (exact) mass is 375 g/mol. The summed E-state index contributed by atoms with van der Waals surface area (Å²) in [5.74, 6) is 0.536. The first-order valence-electron chi connectivity index (χ1n) is 10.1. The summed E-state index contributed by atoms with van der Waals surface area (Å²) in [5.41, 5.74) is 4.61. The molecule has 2 heterocycles. The first-order chi connectivity index (χ1) is 13.6. The van der Waals surface area contributed by atoms with Crippen molar-refractivity contribution < 1.29 is 9.59 Å². The lowest BCUT2D eigenvalue weighted by molar-refractivity contribution is 0.0968. The molecule has 1 saturated heterocycles. The molecule has 5 rings (SSSR count). The molecule has 1 unspecified atom stereocenters. The van der Waals surface area contributed by atoms with Crippen LogP contribution in [0, 0.1) is 0 Å². The van der Waals surface area contributed by atoms with Crippen LogP contribution in [0.3, 0.4) is 0 Å². The number of amides is 1. The highest BCUT2D eigenvalue weighted by Crippen LogP contribution is 2.45. The van der Waals surface area contributed by atoms with E-state index in [-0.39, 0.29) is 17.6 Å². The number of rotatable bonds is 2. The van der Waals surface area contributed by atoms with E-state index < -0.39 is 0 Å². The molecule has 2 aromatic rings. The Bertz CT molecular complexity index is 947. The molecule has 1 amide bonds. The summed E-state index contributed by atoms with van der Waals surface area (Å²) in [5, 5.41) is 0. The van der Waals surface area contributed by atoms with Crippen molar-refractivity contribution in [1.82, 2.24) is 4.90 Å². The molecule has 0 radical (unpaired) electrons. The number of para-hydroxylation sites is 1. The average molecular weight is 375 g/mol. The number of ketones is 1. The molecule has 0 spiro atoms. The van der Waals surface area contributed by atoms with Gasteiger partial charge in [-0.3, -0.25) is 9.59 Å². The third kappa shape index (κ3) is 2.73. The molecule has 0 aromatic heterocycles. The van der Waals surface area contributed by atoms with Crippen molar-refractivity contribution in [1.29, 1.82) is 0 Å². The van der Waals surface area contributed by atoms with Gasteiger partial charge in [0.15, 0.2) is 5.78 Å². The molecular formula is C23H25N3O2. The van der Waals surface area contributed by atoms with E-state index in [9.17, 15) is 9.59 Å². The Balaban J connectivity index is 1.50. The zero-order chi connectivity index (χ0) is 19.3. The highest BCUT2D eigenvalue weighted by Gasteiger charge is 2.39. The summed E-state index contributed by atoms with van der Waals surface area (Å²) in [6.07, 6.45) is 1.42. The van der Waals surface area contributed by atoms with Crippen LogP contribution < -0.4 is 9.80 Å². The molecule has 2 aliphatic heterocycles. The molecule has 3 aliphatic rings. The molecule has 0 saturated carbocycles. The molecule has 1 fully saturated rings. The predicted octanol–water partition coefficient (Wildman–Crippen LogP) is 3.16. The molecule has 5 heteroatoms. The van der Waals surface area contributed by atoms with Crippen LogP contribution in [0.4, 0.5) is 11.4 Å². The predicted molar refractivity (Wildman–Crippen MR) is 111 cm³/mol.